The molecule has 158 valence electrons. The third-order valence-corrected chi connectivity index (χ3v) is 5.09. The highest BCUT2D eigenvalue weighted by Crippen LogP contribution is 2.42. The number of aromatic amines is 1. The molecule has 0 saturated carbocycles. The predicted octanol–water partition coefficient (Wildman–Crippen LogP) is 5.45. The lowest BCUT2D eigenvalue weighted by molar-refractivity contribution is 0.404. The van der Waals surface area contributed by atoms with Crippen LogP contribution in [0.1, 0.15) is 0 Å². The summed E-state index contributed by atoms with van der Waals surface area (Å²) in [6.45, 7) is 0. The molecule has 6 nitrogen and oxygen atoms in total. The van der Waals surface area contributed by atoms with Gasteiger partial charge in [-0.2, -0.15) is 0 Å². The number of rotatable bonds is 7. The maximum Gasteiger partial charge on any atom is 0.138 e. The molecular formula is C25H24N2O4. The van der Waals surface area contributed by atoms with Gasteiger partial charge in [-0.15, -0.1) is 0 Å². The summed E-state index contributed by atoms with van der Waals surface area (Å²) in [7, 11) is 6.56. The molecule has 0 aliphatic heterocycles. The highest BCUT2D eigenvalue weighted by atomic mass is 16.5. The van der Waals surface area contributed by atoms with E-state index in [0.29, 0.717) is 17.2 Å². The van der Waals surface area contributed by atoms with Gasteiger partial charge in [0, 0.05) is 16.7 Å². The van der Waals surface area contributed by atoms with Gasteiger partial charge in [0.15, 0.2) is 0 Å². The van der Waals surface area contributed by atoms with Crippen LogP contribution in [0.5, 0.6) is 23.0 Å². The fraction of sp³-hybridized carbons (Fsp3) is 0.160. The Kier molecular flexibility index (Phi) is 5.80. The first-order chi connectivity index (χ1) is 15.2. The summed E-state index contributed by atoms with van der Waals surface area (Å²) in [6.07, 6.45) is 0. The number of imidazole rings is 1. The summed E-state index contributed by atoms with van der Waals surface area (Å²) in [6, 6.07) is 21.3. The third-order valence-electron chi connectivity index (χ3n) is 5.09. The van der Waals surface area contributed by atoms with Crippen molar-refractivity contribution in [3.05, 3.63) is 66.7 Å². The molecule has 0 unspecified atom stereocenters. The minimum atomic E-state index is 0.690. The van der Waals surface area contributed by atoms with Gasteiger partial charge in [0.05, 0.1) is 34.1 Å². The van der Waals surface area contributed by atoms with Gasteiger partial charge in [-0.05, 0) is 36.4 Å². The summed E-state index contributed by atoms with van der Waals surface area (Å²) >= 11 is 0. The first-order valence-corrected chi connectivity index (χ1v) is 9.78. The van der Waals surface area contributed by atoms with Gasteiger partial charge in [-0.3, -0.25) is 0 Å². The molecule has 1 N–H and O–H groups in total. The molecule has 0 aliphatic carbocycles. The van der Waals surface area contributed by atoms with Crippen molar-refractivity contribution >= 4 is 0 Å². The average Bonchev–Trinajstić information content (AvgIpc) is 3.29. The molecule has 1 aromatic heterocycles. The van der Waals surface area contributed by atoms with E-state index in [0.717, 1.165) is 39.7 Å². The second-order valence-corrected chi connectivity index (χ2v) is 6.81. The largest absolute Gasteiger partial charge is 0.497 e. The van der Waals surface area contributed by atoms with Gasteiger partial charge in [0.1, 0.15) is 34.5 Å². The number of methoxy groups -OCH3 is 4. The maximum absolute atomic E-state index is 5.65. The Morgan fingerprint density at radius 2 is 1.23 bits per heavy atom. The molecule has 4 rings (SSSR count). The van der Waals surface area contributed by atoms with Crippen LogP contribution < -0.4 is 18.9 Å². The fourth-order valence-electron chi connectivity index (χ4n) is 3.50. The van der Waals surface area contributed by atoms with Crippen molar-refractivity contribution in [2.75, 3.05) is 28.4 Å². The molecule has 0 fully saturated rings. The van der Waals surface area contributed by atoms with Crippen molar-refractivity contribution < 1.29 is 18.9 Å². The number of ether oxygens (including phenoxy) is 4. The van der Waals surface area contributed by atoms with Gasteiger partial charge < -0.3 is 23.9 Å². The van der Waals surface area contributed by atoms with Gasteiger partial charge in [-0.25, -0.2) is 4.98 Å². The second kappa shape index (κ2) is 8.83. The molecule has 1 heterocycles. The lowest BCUT2D eigenvalue weighted by atomic mass is 10.0. The second-order valence-electron chi connectivity index (χ2n) is 6.81. The molecule has 31 heavy (non-hydrogen) atoms. The SMILES string of the molecule is COc1ccc(OC)c(-c2nc(-c3ccccc3)[nH]c2-c2cc(OC)ccc2OC)c1. The Balaban J connectivity index is 2.01. The minimum Gasteiger partial charge on any atom is -0.497 e. The summed E-state index contributed by atoms with van der Waals surface area (Å²) < 4.78 is 22.2. The van der Waals surface area contributed by atoms with E-state index in [2.05, 4.69) is 4.98 Å². The van der Waals surface area contributed by atoms with Gasteiger partial charge in [0.25, 0.3) is 0 Å². The molecule has 0 radical (unpaired) electrons. The number of hydrogen-bond acceptors (Lipinski definition) is 5. The first-order valence-electron chi connectivity index (χ1n) is 9.78. The Hall–Kier alpha value is -3.93. The Bertz CT molecular complexity index is 1110. The van der Waals surface area contributed by atoms with Crippen molar-refractivity contribution in [2.24, 2.45) is 0 Å². The highest BCUT2D eigenvalue weighted by Gasteiger charge is 2.22. The van der Waals surface area contributed by atoms with E-state index in [1.54, 1.807) is 28.4 Å². The van der Waals surface area contributed by atoms with Crippen LogP contribution in [-0.2, 0) is 0 Å². The van der Waals surface area contributed by atoms with Crippen LogP contribution >= 0.6 is 0 Å². The lowest BCUT2D eigenvalue weighted by Gasteiger charge is -2.13. The zero-order chi connectivity index (χ0) is 21.8. The molecule has 0 spiro atoms. The first kappa shape index (κ1) is 20.3. The summed E-state index contributed by atoms with van der Waals surface area (Å²) in [5, 5.41) is 0. The molecule has 0 saturated heterocycles. The smallest absolute Gasteiger partial charge is 0.138 e. The van der Waals surface area contributed by atoms with Crippen LogP contribution in [0.3, 0.4) is 0 Å². The number of nitrogens with zero attached hydrogens (tertiary/aromatic N) is 1. The maximum atomic E-state index is 5.65. The number of nitrogens with one attached hydrogen (secondary N) is 1. The third kappa shape index (κ3) is 3.92. The molecule has 0 amide bonds. The van der Waals surface area contributed by atoms with E-state index in [9.17, 15) is 0 Å². The summed E-state index contributed by atoms with van der Waals surface area (Å²) in [5.41, 5.74) is 4.12. The van der Waals surface area contributed by atoms with Gasteiger partial charge in [0.2, 0.25) is 0 Å². The number of hydrogen-bond donors (Lipinski definition) is 1. The molecule has 4 aromatic rings. The molecule has 0 atom stereocenters. The van der Waals surface area contributed by atoms with E-state index in [-0.39, 0.29) is 0 Å². The molecule has 0 bridgehead atoms. The zero-order valence-electron chi connectivity index (χ0n) is 17.9. The molecule has 0 aliphatic rings. The number of aromatic nitrogens is 2. The Morgan fingerprint density at radius 1 is 0.645 bits per heavy atom. The molecule has 6 heteroatoms. The van der Waals surface area contributed by atoms with Crippen molar-refractivity contribution in [1.29, 1.82) is 0 Å². The molecule has 3 aromatic carbocycles. The van der Waals surface area contributed by atoms with E-state index in [1.807, 2.05) is 66.7 Å². The van der Waals surface area contributed by atoms with Crippen LogP contribution in [0.15, 0.2) is 66.7 Å². The zero-order valence-corrected chi connectivity index (χ0v) is 17.9. The average molecular weight is 416 g/mol. The summed E-state index contributed by atoms with van der Waals surface area (Å²) in [5.74, 6) is 3.56. The van der Waals surface area contributed by atoms with Gasteiger partial charge >= 0.3 is 0 Å². The standard InChI is InChI=1S/C25H24N2O4/c1-28-17-10-12-21(30-3)19(14-17)23-24(20-15-18(29-2)11-13-22(20)31-4)27-25(26-23)16-8-6-5-7-9-16/h5-15H,1-4H3,(H,26,27). The Morgan fingerprint density at radius 3 is 1.81 bits per heavy atom. The minimum absolute atomic E-state index is 0.690. The van der Waals surface area contributed by atoms with E-state index >= 15 is 0 Å². The fourth-order valence-corrected chi connectivity index (χ4v) is 3.50. The van der Waals surface area contributed by atoms with Crippen LogP contribution in [0.25, 0.3) is 33.9 Å². The van der Waals surface area contributed by atoms with Crippen molar-refractivity contribution in [1.82, 2.24) is 9.97 Å². The van der Waals surface area contributed by atoms with Crippen LogP contribution in [0, 0.1) is 0 Å². The van der Waals surface area contributed by atoms with Crippen LogP contribution in [0.4, 0.5) is 0 Å². The summed E-state index contributed by atoms with van der Waals surface area (Å²) in [4.78, 5) is 8.44. The lowest BCUT2D eigenvalue weighted by Crippen LogP contribution is -1.94. The van der Waals surface area contributed by atoms with Crippen molar-refractivity contribution in [3.63, 3.8) is 0 Å². The van der Waals surface area contributed by atoms with Crippen molar-refractivity contribution in [2.45, 2.75) is 0 Å². The van der Waals surface area contributed by atoms with Crippen LogP contribution in [0.2, 0.25) is 0 Å². The van der Waals surface area contributed by atoms with Gasteiger partial charge in [-0.1, -0.05) is 30.3 Å². The van der Waals surface area contributed by atoms with Crippen LogP contribution in [-0.4, -0.2) is 38.4 Å². The van der Waals surface area contributed by atoms with Crippen molar-refractivity contribution in [3.8, 4) is 56.9 Å². The van der Waals surface area contributed by atoms with E-state index in [4.69, 9.17) is 23.9 Å². The normalized spacial score (nSPS) is 10.6. The molecular weight excluding hydrogens is 392 g/mol. The number of benzene rings is 3. The topological polar surface area (TPSA) is 65.6 Å². The quantitative estimate of drug-likeness (QED) is 0.434. The Labute approximate surface area is 181 Å². The monoisotopic (exact) mass is 416 g/mol. The highest BCUT2D eigenvalue weighted by molar-refractivity contribution is 5.87. The van der Waals surface area contributed by atoms with E-state index in [1.165, 1.54) is 0 Å². The predicted molar refractivity (Wildman–Crippen MR) is 121 cm³/mol. The number of H-pyrrole nitrogens is 1. The van der Waals surface area contributed by atoms with E-state index < -0.39 is 0 Å².